The number of hydrogen-bond acceptors (Lipinski definition) is 3. The monoisotopic (exact) mass is 272 g/mol. The summed E-state index contributed by atoms with van der Waals surface area (Å²) < 4.78 is 0. The van der Waals surface area contributed by atoms with Crippen LogP contribution in [0.2, 0.25) is 5.02 Å². The number of pyridine rings is 1. The molecular weight excluding hydrogens is 260 g/mol. The quantitative estimate of drug-likeness (QED) is 0.830. The topological polar surface area (TPSA) is 34.5 Å². The van der Waals surface area contributed by atoms with Gasteiger partial charge in [-0.2, -0.15) is 0 Å². The van der Waals surface area contributed by atoms with Gasteiger partial charge in [-0.15, -0.1) is 0 Å². The highest BCUT2D eigenvalue weighted by Crippen LogP contribution is 2.27. The zero-order valence-electron chi connectivity index (χ0n) is 10.5. The van der Waals surface area contributed by atoms with E-state index in [0.717, 1.165) is 28.8 Å². The minimum atomic E-state index is 0.171. The number of rotatable bonds is 2. The molecular formula is C15H13ClN2O. The molecule has 1 aromatic carbocycles. The Balaban J connectivity index is 1.90. The third kappa shape index (κ3) is 2.47. The Hall–Kier alpha value is -1.87. The summed E-state index contributed by atoms with van der Waals surface area (Å²) in [5.74, 6) is 0. The SMILES string of the molecule is CC1CC(c2ccc(-c3ccncc3Cl)cc2)=NO1. The van der Waals surface area contributed by atoms with Gasteiger partial charge in [0.15, 0.2) is 0 Å². The second-order valence-electron chi connectivity index (χ2n) is 4.59. The van der Waals surface area contributed by atoms with Gasteiger partial charge in [-0.05, 0) is 24.1 Å². The summed E-state index contributed by atoms with van der Waals surface area (Å²) in [6, 6.07) is 10.1. The summed E-state index contributed by atoms with van der Waals surface area (Å²) in [4.78, 5) is 9.20. The van der Waals surface area contributed by atoms with E-state index < -0.39 is 0 Å². The highest BCUT2D eigenvalue weighted by atomic mass is 35.5. The molecule has 96 valence electrons. The van der Waals surface area contributed by atoms with Gasteiger partial charge in [0.25, 0.3) is 0 Å². The molecule has 0 fully saturated rings. The average Bonchev–Trinajstić information content (AvgIpc) is 2.86. The maximum absolute atomic E-state index is 6.14. The molecule has 1 unspecified atom stereocenters. The van der Waals surface area contributed by atoms with Crippen molar-refractivity contribution in [3.05, 3.63) is 53.3 Å². The van der Waals surface area contributed by atoms with Crippen LogP contribution in [0.15, 0.2) is 47.9 Å². The minimum absolute atomic E-state index is 0.171. The molecule has 2 heterocycles. The summed E-state index contributed by atoms with van der Waals surface area (Å²) in [5.41, 5.74) is 4.16. The van der Waals surface area contributed by atoms with Crippen LogP contribution in [-0.4, -0.2) is 16.8 Å². The molecule has 3 rings (SSSR count). The summed E-state index contributed by atoms with van der Waals surface area (Å²) >= 11 is 6.14. The third-order valence-corrected chi connectivity index (χ3v) is 3.43. The van der Waals surface area contributed by atoms with Crippen molar-refractivity contribution in [3.8, 4) is 11.1 Å². The van der Waals surface area contributed by atoms with Crippen LogP contribution in [0.5, 0.6) is 0 Å². The van der Waals surface area contributed by atoms with E-state index in [1.165, 1.54) is 0 Å². The minimum Gasteiger partial charge on any atom is -0.392 e. The zero-order valence-corrected chi connectivity index (χ0v) is 11.3. The van der Waals surface area contributed by atoms with E-state index in [0.29, 0.717) is 5.02 Å². The van der Waals surface area contributed by atoms with Crippen molar-refractivity contribution in [1.29, 1.82) is 0 Å². The van der Waals surface area contributed by atoms with Crippen molar-refractivity contribution in [1.82, 2.24) is 4.98 Å². The van der Waals surface area contributed by atoms with Crippen LogP contribution in [-0.2, 0) is 4.84 Å². The van der Waals surface area contributed by atoms with Crippen molar-refractivity contribution in [2.45, 2.75) is 19.4 Å². The lowest BCUT2D eigenvalue weighted by atomic mass is 10.0. The molecule has 1 atom stereocenters. The molecule has 0 N–H and O–H groups in total. The smallest absolute Gasteiger partial charge is 0.130 e. The lowest BCUT2D eigenvalue weighted by molar-refractivity contribution is 0.0995. The normalized spacial score (nSPS) is 18.0. The number of oxime groups is 1. The number of aromatic nitrogens is 1. The predicted molar refractivity (Wildman–Crippen MR) is 76.4 cm³/mol. The first kappa shape index (κ1) is 12.2. The molecule has 0 amide bonds. The highest BCUT2D eigenvalue weighted by Gasteiger charge is 2.17. The van der Waals surface area contributed by atoms with E-state index >= 15 is 0 Å². The first-order valence-corrected chi connectivity index (χ1v) is 6.55. The molecule has 1 aliphatic rings. The average molecular weight is 273 g/mol. The number of benzene rings is 1. The fourth-order valence-electron chi connectivity index (χ4n) is 2.12. The largest absolute Gasteiger partial charge is 0.392 e. The fourth-order valence-corrected chi connectivity index (χ4v) is 2.35. The predicted octanol–water partition coefficient (Wildman–Crippen LogP) is 3.91. The van der Waals surface area contributed by atoms with Crippen LogP contribution >= 0.6 is 11.6 Å². The first-order chi connectivity index (χ1) is 9.24. The van der Waals surface area contributed by atoms with E-state index in [-0.39, 0.29) is 6.10 Å². The van der Waals surface area contributed by atoms with Crippen molar-refractivity contribution >= 4 is 17.3 Å². The molecule has 0 radical (unpaired) electrons. The molecule has 0 saturated carbocycles. The molecule has 1 aliphatic heterocycles. The molecule has 0 spiro atoms. The Bertz CT molecular complexity index is 622. The highest BCUT2D eigenvalue weighted by molar-refractivity contribution is 6.33. The lowest BCUT2D eigenvalue weighted by Crippen LogP contribution is -2.02. The van der Waals surface area contributed by atoms with E-state index in [4.69, 9.17) is 16.4 Å². The van der Waals surface area contributed by atoms with Crippen molar-refractivity contribution in [2.24, 2.45) is 5.16 Å². The number of nitrogens with zero attached hydrogens (tertiary/aromatic N) is 2. The van der Waals surface area contributed by atoms with Crippen LogP contribution in [0.3, 0.4) is 0 Å². The number of halogens is 1. The molecule has 0 bridgehead atoms. The Morgan fingerprint density at radius 3 is 2.53 bits per heavy atom. The van der Waals surface area contributed by atoms with Gasteiger partial charge in [0.2, 0.25) is 0 Å². The molecule has 1 aromatic heterocycles. The fraction of sp³-hybridized carbons (Fsp3) is 0.200. The Labute approximate surface area is 116 Å². The van der Waals surface area contributed by atoms with Crippen molar-refractivity contribution in [2.75, 3.05) is 0 Å². The molecule has 2 aromatic rings. The van der Waals surface area contributed by atoms with Gasteiger partial charge in [-0.1, -0.05) is 41.0 Å². The molecule has 19 heavy (non-hydrogen) atoms. The second-order valence-corrected chi connectivity index (χ2v) is 5.00. The summed E-state index contributed by atoms with van der Waals surface area (Å²) in [7, 11) is 0. The van der Waals surface area contributed by atoms with E-state index in [9.17, 15) is 0 Å². The first-order valence-electron chi connectivity index (χ1n) is 6.17. The van der Waals surface area contributed by atoms with E-state index in [2.05, 4.69) is 10.1 Å². The standard InChI is InChI=1S/C15H13ClN2O/c1-10-8-15(18-19-10)12-4-2-11(3-5-12)13-6-7-17-9-14(13)16/h2-7,9-10H,8H2,1H3. The van der Waals surface area contributed by atoms with Gasteiger partial charge >= 0.3 is 0 Å². The van der Waals surface area contributed by atoms with Crippen LogP contribution in [0.1, 0.15) is 18.9 Å². The van der Waals surface area contributed by atoms with Gasteiger partial charge in [0, 0.05) is 24.4 Å². The van der Waals surface area contributed by atoms with Gasteiger partial charge in [0.1, 0.15) is 6.10 Å². The third-order valence-electron chi connectivity index (χ3n) is 3.13. The maximum Gasteiger partial charge on any atom is 0.130 e. The Morgan fingerprint density at radius 1 is 1.16 bits per heavy atom. The zero-order chi connectivity index (χ0) is 13.2. The summed E-state index contributed by atoms with van der Waals surface area (Å²) in [6.07, 6.45) is 4.42. The molecule has 0 saturated heterocycles. The van der Waals surface area contributed by atoms with E-state index in [1.807, 2.05) is 37.3 Å². The second kappa shape index (κ2) is 5.02. The van der Waals surface area contributed by atoms with Gasteiger partial charge in [-0.25, -0.2) is 0 Å². The van der Waals surface area contributed by atoms with Gasteiger partial charge in [0.05, 0.1) is 10.7 Å². The van der Waals surface area contributed by atoms with Crippen molar-refractivity contribution < 1.29 is 4.84 Å². The Kier molecular flexibility index (Phi) is 3.22. The van der Waals surface area contributed by atoms with Crippen LogP contribution < -0.4 is 0 Å². The van der Waals surface area contributed by atoms with Crippen LogP contribution in [0.4, 0.5) is 0 Å². The van der Waals surface area contributed by atoms with Crippen molar-refractivity contribution in [3.63, 3.8) is 0 Å². The summed E-state index contributed by atoms with van der Waals surface area (Å²) in [5, 5.41) is 4.75. The van der Waals surface area contributed by atoms with E-state index in [1.54, 1.807) is 12.4 Å². The molecule has 3 nitrogen and oxygen atoms in total. The van der Waals surface area contributed by atoms with Crippen LogP contribution in [0.25, 0.3) is 11.1 Å². The van der Waals surface area contributed by atoms with Gasteiger partial charge < -0.3 is 4.84 Å². The lowest BCUT2D eigenvalue weighted by Gasteiger charge is -2.05. The van der Waals surface area contributed by atoms with Crippen LogP contribution in [0, 0.1) is 0 Å². The van der Waals surface area contributed by atoms with Gasteiger partial charge in [-0.3, -0.25) is 4.98 Å². The maximum atomic E-state index is 6.14. The molecule has 4 heteroatoms. The summed E-state index contributed by atoms with van der Waals surface area (Å²) in [6.45, 7) is 2.02. The molecule has 0 aliphatic carbocycles. The Morgan fingerprint density at radius 2 is 1.89 bits per heavy atom. The number of hydrogen-bond donors (Lipinski definition) is 0.